The zero-order valence-electron chi connectivity index (χ0n) is 19.1. The largest absolute Gasteiger partial charge is 0.461 e. The zero-order valence-corrected chi connectivity index (χ0v) is 19.1. The summed E-state index contributed by atoms with van der Waals surface area (Å²) >= 11 is 0. The van der Waals surface area contributed by atoms with Crippen LogP contribution in [0.1, 0.15) is 67.5 Å². The molecule has 0 radical (unpaired) electrons. The predicted octanol–water partition coefficient (Wildman–Crippen LogP) is 5.45. The Morgan fingerprint density at radius 1 is 1.00 bits per heavy atom. The van der Waals surface area contributed by atoms with Crippen molar-refractivity contribution in [1.82, 2.24) is 15.0 Å². The molecule has 0 saturated heterocycles. The number of aliphatic hydroxyl groups is 1. The lowest BCUT2D eigenvalue weighted by Crippen LogP contribution is -2.27. The maximum Gasteiger partial charge on any atom is 0.320 e. The number of hydrogen-bond acceptors (Lipinski definition) is 5. The van der Waals surface area contributed by atoms with Gasteiger partial charge in [-0.05, 0) is 61.8 Å². The van der Waals surface area contributed by atoms with Crippen molar-refractivity contribution in [3.05, 3.63) is 71.1 Å². The Kier molecular flexibility index (Phi) is 5.02. The average Bonchev–Trinajstić information content (AvgIpc) is 2.82. The van der Waals surface area contributed by atoms with Crippen molar-refractivity contribution in [2.24, 2.45) is 11.8 Å². The minimum atomic E-state index is -0.500. The van der Waals surface area contributed by atoms with E-state index in [9.17, 15) is 5.11 Å². The molecule has 4 aliphatic carbocycles. The molecular weight excluding hydrogens is 410 g/mol. The van der Waals surface area contributed by atoms with Gasteiger partial charge in [0, 0.05) is 17.4 Å². The third-order valence-electron chi connectivity index (χ3n) is 7.20. The molecular formula is C28H29N3O2. The molecule has 5 nitrogen and oxygen atoms in total. The van der Waals surface area contributed by atoms with Gasteiger partial charge in [0.1, 0.15) is 5.82 Å². The summed E-state index contributed by atoms with van der Waals surface area (Å²) in [7, 11) is 0. The zero-order chi connectivity index (χ0) is 22.5. The fourth-order valence-corrected chi connectivity index (χ4v) is 5.69. The van der Waals surface area contributed by atoms with Crippen LogP contribution in [0.2, 0.25) is 0 Å². The normalized spacial score (nSPS) is 28.8. The Morgan fingerprint density at radius 2 is 1.91 bits per heavy atom. The van der Waals surface area contributed by atoms with E-state index < -0.39 is 6.10 Å². The van der Waals surface area contributed by atoms with Gasteiger partial charge in [-0.2, -0.15) is 9.97 Å². The van der Waals surface area contributed by atoms with Crippen molar-refractivity contribution < 1.29 is 9.84 Å². The average molecular weight is 440 g/mol. The third-order valence-corrected chi connectivity index (χ3v) is 7.20. The maximum absolute atomic E-state index is 10.6. The summed E-state index contributed by atoms with van der Waals surface area (Å²) in [6.07, 6.45) is 20.1. The molecule has 5 heteroatoms. The second-order valence-electron chi connectivity index (χ2n) is 9.74. The number of aliphatic hydroxyl groups excluding tert-OH is 1. The van der Waals surface area contributed by atoms with E-state index in [0.717, 1.165) is 18.4 Å². The number of rotatable bonds is 4. The van der Waals surface area contributed by atoms with Crippen molar-refractivity contribution in [1.29, 1.82) is 0 Å². The van der Waals surface area contributed by atoms with Crippen LogP contribution >= 0.6 is 0 Å². The quantitative estimate of drug-likeness (QED) is 0.642. The van der Waals surface area contributed by atoms with Crippen LogP contribution in [0.3, 0.4) is 0 Å². The summed E-state index contributed by atoms with van der Waals surface area (Å²) in [4.78, 5) is 14.2. The molecule has 0 amide bonds. The van der Waals surface area contributed by atoms with E-state index in [-0.39, 0.29) is 12.0 Å². The van der Waals surface area contributed by atoms with Crippen LogP contribution in [-0.2, 0) is 0 Å². The van der Waals surface area contributed by atoms with Crippen molar-refractivity contribution >= 4 is 12.2 Å². The highest BCUT2D eigenvalue weighted by atomic mass is 16.5. The fraction of sp³-hybridized carbons (Fsp3) is 0.393. The van der Waals surface area contributed by atoms with Crippen molar-refractivity contribution in [3.63, 3.8) is 0 Å². The first-order chi connectivity index (χ1) is 16.1. The molecule has 1 aromatic carbocycles. The van der Waals surface area contributed by atoms with Crippen molar-refractivity contribution in [2.45, 2.75) is 57.2 Å². The van der Waals surface area contributed by atoms with E-state index in [4.69, 9.17) is 14.7 Å². The molecule has 0 bridgehead atoms. The lowest BCUT2D eigenvalue weighted by atomic mass is 9.64. The van der Waals surface area contributed by atoms with Gasteiger partial charge in [0.15, 0.2) is 5.82 Å². The van der Waals surface area contributed by atoms with Crippen LogP contribution in [0.25, 0.3) is 23.5 Å². The van der Waals surface area contributed by atoms with Gasteiger partial charge in [-0.25, -0.2) is 4.98 Å². The van der Waals surface area contributed by atoms with Gasteiger partial charge in [0.25, 0.3) is 0 Å². The van der Waals surface area contributed by atoms with E-state index in [1.165, 1.54) is 16.7 Å². The molecule has 4 aliphatic rings. The number of nitrogens with zero attached hydrogens (tertiary/aromatic N) is 3. The number of allylic oxidation sites excluding steroid dienone is 5. The minimum Gasteiger partial charge on any atom is -0.461 e. The van der Waals surface area contributed by atoms with E-state index in [1.807, 2.05) is 19.9 Å². The molecule has 33 heavy (non-hydrogen) atoms. The highest BCUT2D eigenvalue weighted by molar-refractivity contribution is 5.80. The summed E-state index contributed by atoms with van der Waals surface area (Å²) in [6, 6.07) is 4.63. The summed E-state index contributed by atoms with van der Waals surface area (Å²) in [5.41, 5.74) is 4.89. The number of ether oxygens (including phenoxy) is 1. The summed E-state index contributed by atoms with van der Waals surface area (Å²) < 4.78 is 5.92. The van der Waals surface area contributed by atoms with Gasteiger partial charge in [-0.3, -0.25) is 0 Å². The molecule has 0 spiro atoms. The highest BCUT2D eigenvalue weighted by Crippen LogP contribution is 2.50. The van der Waals surface area contributed by atoms with E-state index >= 15 is 0 Å². The summed E-state index contributed by atoms with van der Waals surface area (Å²) in [5.74, 6) is 2.36. The lowest BCUT2D eigenvalue weighted by Gasteiger charge is -2.39. The Bertz CT molecular complexity index is 1210. The van der Waals surface area contributed by atoms with E-state index in [0.29, 0.717) is 41.8 Å². The van der Waals surface area contributed by atoms with Crippen molar-refractivity contribution in [2.75, 3.05) is 0 Å². The molecule has 6 rings (SSSR count). The first-order valence-electron chi connectivity index (χ1n) is 12.1. The molecule has 0 saturated carbocycles. The Hall–Kier alpha value is -3.05. The van der Waals surface area contributed by atoms with Gasteiger partial charge in [0.05, 0.1) is 18.1 Å². The van der Waals surface area contributed by atoms with Gasteiger partial charge in [0.2, 0.25) is 0 Å². The van der Waals surface area contributed by atoms with Gasteiger partial charge in [-0.15, -0.1) is 0 Å². The van der Waals surface area contributed by atoms with Gasteiger partial charge >= 0.3 is 6.01 Å². The van der Waals surface area contributed by atoms with Crippen LogP contribution in [0.15, 0.2) is 48.6 Å². The minimum absolute atomic E-state index is 0.0533. The molecule has 1 aromatic heterocycles. The second-order valence-corrected chi connectivity index (χ2v) is 9.74. The SMILES string of the molecule is CC(C)Oc1nc(-c2ccc3c4c2C=CC2CC=CC(C=C3)C42)nc(C2C=CCCC2O)n1. The molecule has 0 aliphatic heterocycles. The van der Waals surface area contributed by atoms with Gasteiger partial charge in [-0.1, -0.05) is 54.7 Å². The second kappa shape index (κ2) is 8.07. The fourth-order valence-electron chi connectivity index (χ4n) is 5.69. The highest BCUT2D eigenvalue weighted by Gasteiger charge is 2.37. The standard InChI is InChI=1S/C28H29N3O2/c1-16(2)33-28-30-26(29-27(31-28)22-8-3-4-9-23(22)32)21-15-13-19-11-10-17-6-5-7-18-12-14-20(21)25(19)24(17)18/h3,5-6,8,10-18,22-24,32H,4,7,9H2,1-2H3. The number of benzene rings is 1. The monoisotopic (exact) mass is 439 g/mol. The van der Waals surface area contributed by atoms with Crippen LogP contribution in [0, 0.1) is 11.8 Å². The first kappa shape index (κ1) is 20.5. The van der Waals surface area contributed by atoms with Crippen molar-refractivity contribution in [3.8, 4) is 17.4 Å². The Balaban J connectivity index is 1.51. The van der Waals surface area contributed by atoms with E-state index in [1.54, 1.807) is 0 Å². The smallest absolute Gasteiger partial charge is 0.320 e. The predicted molar refractivity (Wildman–Crippen MR) is 130 cm³/mol. The third kappa shape index (κ3) is 3.55. The molecule has 168 valence electrons. The summed E-state index contributed by atoms with van der Waals surface area (Å²) in [5, 5.41) is 10.6. The van der Waals surface area contributed by atoms with E-state index in [2.05, 4.69) is 59.6 Å². The Morgan fingerprint density at radius 3 is 2.76 bits per heavy atom. The first-order valence-corrected chi connectivity index (χ1v) is 12.1. The number of hydrogen-bond donors (Lipinski definition) is 1. The number of aromatic nitrogens is 3. The molecule has 0 fully saturated rings. The molecule has 5 unspecified atom stereocenters. The maximum atomic E-state index is 10.6. The molecule has 2 aromatic rings. The van der Waals surface area contributed by atoms with Crippen LogP contribution in [-0.4, -0.2) is 32.3 Å². The molecule has 1 heterocycles. The van der Waals surface area contributed by atoms with Crippen LogP contribution in [0.4, 0.5) is 0 Å². The molecule has 1 N–H and O–H groups in total. The van der Waals surface area contributed by atoms with Gasteiger partial charge < -0.3 is 9.84 Å². The van der Waals surface area contributed by atoms with Crippen LogP contribution in [0.5, 0.6) is 6.01 Å². The lowest BCUT2D eigenvalue weighted by molar-refractivity contribution is 0.141. The molecule has 5 atom stereocenters. The summed E-state index contributed by atoms with van der Waals surface area (Å²) in [6.45, 7) is 3.93. The topological polar surface area (TPSA) is 68.1 Å². The van der Waals surface area contributed by atoms with Crippen LogP contribution < -0.4 is 4.74 Å². The Labute approximate surface area is 194 Å².